The number of piperidine rings is 1. The van der Waals surface area contributed by atoms with Crippen LogP contribution in [0.15, 0.2) is 23.7 Å². The minimum Gasteiger partial charge on any atom is -0.337 e. The van der Waals surface area contributed by atoms with E-state index in [2.05, 4.69) is 10.2 Å². The molecule has 100 valence electrons. The molecule has 1 aliphatic heterocycles. The third-order valence-corrected chi connectivity index (χ3v) is 4.73. The monoisotopic (exact) mass is 275 g/mol. The highest BCUT2D eigenvalue weighted by Crippen LogP contribution is 2.27. The zero-order valence-electron chi connectivity index (χ0n) is 10.9. The molecule has 1 saturated heterocycles. The molecule has 0 spiro atoms. The molecule has 2 aromatic rings. The van der Waals surface area contributed by atoms with E-state index in [0.29, 0.717) is 5.92 Å². The lowest BCUT2D eigenvalue weighted by molar-refractivity contribution is 0.0710. The van der Waals surface area contributed by atoms with Crippen molar-refractivity contribution in [1.82, 2.24) is 15.1 Å². The van der Waals surface area contributed by atoms with Crippen molar-refractivity contribution < 1.29 is 4.79 Å². The minimum atomic E-state index is 0.178. The topological polar surface area (TPSA) is 49.0 Å². The third kappa shape index (κ3) is 2.42. The van der Waals surface area contributed by atoms with E-state index in [0.717, 1.165) is 42.1 Å². The zero-order valence-corrected chi connectivity index (χ0v) is 11.7. The Labute approximate surface area is 116 Å². The summed E-state index contributed by atoms with van der Waals surface area (Å²) in [4.78, 5) is 15.4. The van der Waals surface area contributed by atoms with Gasteiger partial charge < -0.3 is 4.90 Å². The van der Waals surface area contributed by atoms with Crippen molar-refractivity contribution in [3.63, 3.8) is 0 Å². The highest BCUT2D eigenvalue weighted by atomic mass is 32.1. The maximum absolute atomic E-state index is 12.5. The average Bonchev–Trinajstić information content (AvgIpc) is 3.09. The second kappa shape index (κ2) is 5.17. The van der Waals surface area contributed by atoms with Gasteiger partial charge in [-0.25, -0.2) is 0 Å². The predicted molar refractivity (Wildman–Crippen MR) is 75.5 cm³/mol. The number of hydrogen-bond donors (Lipinski definition) is 1. The molecule has 2 aromatic heterocycles. The summed E-state index contributed by atoms with van der Waals surface area (Å²) in [6.45, 7) is 3.65. The van der Waals surface area contributed by atoms with E-state index < -0.39 is 0 Å². The van der Waals surface area contributed by atoms with E-state index in [1.54, 1.807) is 6.20 Å². The van der Waals surface area contributed by atoms with Crippen LogP contribution in [0.5, 0.6) is 0 Å². The summed E-state index contributed by atoms with van der Waals surface area (Å²) >= 11 is 1.54. The summed E-state index contributed by atoms with van der Waals surface area (Å²) in [5.41, 5.74) is 2.22. The number of likely N-dealkylation sites (tertiary alicyclic amines) is 1. The van der Waals surface area contributed by atoms with E-state index in [-0.39, 0.29) is 5.91 Å². The first-order chi connectivity index (χ1) is 9.25. The van der Waals surface area contributed by atoms with Gasteiger partial charge in [0.05, 0.1) is 4.88 Å². The molecule has 0 saturated carbocycles. The lowest BCUT2D eigenvalue weighted by atomic mass is 9.95. The number of hydrogen-bond acceptors (Lipinski definition) is 3. The van der Waals surface area contributed by atoms with E-state index in [4.69, 9.17) is 0 Å². The number of nitrogens with zero attached hydrogens (tertiary/aromatic N) is 2. The van der Waals surface area contributed by atoms with Crippen molar-refractivity contribution in [2.75, 3.05) is 13.1 Å². The van der Waals surface area contributed by atoms with Gasteiger partial charge in [0, 0.05) is 30.9 Å². The van der Waals surface area contributed by atoms with Crippen LogP contribution in [-0.2, 0) is 0 Å². The second-order valence-electron chi connectivity index (χ2n) is 5.04. The van der Waals surface area contributed by atoms with Crippen molar-refractivity contribution in [2.45, 2.75) is 25.7 Å². The number of thiophene rings is 1. The Kier molecular flexibility index (Phi) is 3.38. The normalized spacial score (nSPS) is 19.6. The van der Waals surface area contributed by atoms with Gasteiger partial charge >= 0.3 is 0 Å². The van der Waals surface area contributed by atoms with Gasteiger partial charge in [0.2, 0.25) is 0 Å². The number of aryl methyl sites for hydroxylation is 1. The predicted octanol–water partition coefficient (Wildman–Crippen LogP) is 2.80. The Bertz CT molecular complexity index is 561. The van der Waals surface area contributed by atoms with E-state index in [1.807, 2.05) is 29.3 Å². The smallest absolute Gasteiger partial charge is 0.264 e. The van der Waals surface area contributed by atoms with Gasteiger partial charge in [0.1, 0.15) is 0 Å². The fraction of sp³-hybridized carbons (Fsp3) is 0.429. The number of nitrogens with one attached hydrogen (secondary N) is 1. The van der Waals surface area contributed by atoms with Crippen molar-refractivity contribution in [3.05, 3.63) is 39.8 Å². The van der Waals surface area contributed by atoms with Gasteiger partial charge in [-0.2, -0.15) is 5.10 Å². The molecule has 0 aromatic carbocycles. The van der Waals surface area contributed by atoms with Crippen LogP contribution in [0.1, 0.15) is 39.7 Å². The quantitative estimate of drug-likeness (QED) is 0.916. The molecule has 3 heterocycles. The SMILES string of the molecule is Cc1ccsc1C(=O)N1CCCC(c2ccn[nH]2)C1. The summed E-state index contributed by atoms with van der Waals surface area (Å²) in [5.74, 6) is 0.567. The van der Waals surface area contributed by atoms with E-state index >= 15 is 0 Å². The summed E-state index contributed by atoms with van der Waals surface area (Å²) in [6, 6.07) is 4.02. The Morgan fingerprint density at radius 1 is 1.53 bits per heavy atom. The van der Waals surface area contributed by atoms with Gasteiger partial charge in [-0.15, -0.1) is 11.3 Å². The van der Waals surface area contributed by atoms with E-state index in [1.165, 1.54) is 11.3 Å². The Hall–Kier alpha value is -1.62. The van der Waals surface area contributed by atoms with Crippen LogP contribution in [-0.4, -0.2) is 34.1 Å². The minimum absolute atomic E-state index is 0.178. The second-order valence-corrected chi connectivity index (χ2v) is 5.95. The average molecular weight is 275 g/mol. The molecule has 1 atom stereocenters. The van der Waals surface area contributed by atoms with Gasteiger partial charge in [0.15, 0.2) is 0 Å². The molecule has 0 aliphatic carbocycles. The summed E-state index contributed by atoms with van der Waals surface area (Å²) < 4.78 is 0. The van der Waals surface area contributed by atoms with Gasteiger partial charge in [-0.3, -0.25) is 9.89 Å². The van der Waals surface area contributed by atoms with Crippen LogP contribution in [0, 0.1) is 6.92 Å². The maximum atomic E-state index is 12.5. The largest absolute Gasteiger partial charge is 0.337 e. The number of carbonyl (C=O) groups is 1. The van der Waals surface area contributed by atoms with Crippen molar-refractivity contribution in [1.29, 1.82) is 0 Å². The lowest BCUT2D eigenvalue weighted by Gasteiger charge is -2.32. The summed E-state index contributed by atoms with van der Waals surface area (Å²) in [6.07, 6.45) is 3.95. The van der Waals surface area contributed by atoms with E-state index in [9.17, 15) is 4.79 Å². The molecule has 1 fully saturated rings. The summed E-state index contributed by atoms with van der Waals surface area (Å²) in [5, 5.41) is 9.02. The molecule has 3 rings (SSSR count). The Balaban J connectivity index is 1.75. The van der Waals surface area contributed by atoms with Crippen LogP contribution < -0.4 is 0 Å². The number of rotatable bonds is 2. The molecule has 1 amide bonds. The van der Waals surface area contributed by atoms with Crippen molar-refractivity contribution in [3.8, 4) is 0 Å². The van der Waals surface area contributed by atoms with Crippen LogP contribution in [0.3, 0.4) is 0 Å². The zero-order chi connectivity index (χ0) is 13.2. The van der Waals surface area contributed by atoms with Gasteiger partial charge in [0.25, 0.3) is 5.91 Å². The van der Waals surface area contributed by atoms with Gasteiger partial charge in [-0.1, -0.05) is 0 Å². The highest BCUT2D eigenvalue weighted by Gasteiger charge is 2.27. The Morgan fingerprint density at radius 2 is 2.42 bits per heavy atom. The fourth-order valence-electron chi connectivity index (χ4n) is 2.64. The Morgan fingerprint density at radius 3 is 3.11 bits per heavy atom. The molecule has 4 nitrogen and oxygen atoms in total. The number of amides is 1. The summed E-state index contributed by atoms with van der Waals surface area (Å²) in [7, 11) is 0. The first-order valence-corrected chi connectivity index (χ1v) is 7.46. The van der Waals surface area contributed by atoms with Gasteiger partial charge in [-0.05, 0) is 42.8 Å². The molecular formula is C14H17N3OS. The molecule has 0 radical (unpaired) electrons. The molecular weight excluding hydrogens is 258 g/mol. The van der Waals surface area contributed by atoms with Crippen LogP contribution >= 0.6 is 11.3 Å². The lowest BCUT2D eigenvalue weighted by Crippen LogP contribution is -2.39. The molecule has 0 bridgehead atoms. The molecule has 19 heavy (non-hydrogen) atoms. The number of H-pyrrole nitrogens is 1. The van der Waals surface area contributed by atoms with Crippen LogP contribution in [0.4, 0.5) is 0 Å². The van der Waals surface area contributed by atoms with Crippen LogP contribution in [0.25, 0.3) is 0 Å². The van der Waals surface area contributed by atoms with Crippen molar-refractivity contribution in [2.24, 2.45) is 0 Å². The fourth-order valence-corrected chi connectivity index (χ4v) is 3.54. The molecule has 1 N–H and O–H groups in total. The molecule has 1 aliphatic rings. The standard InChI is InChI=1S/C14H17N3OS/c1-10-5-8-19-13(10)14(18)17-7-2-3-11(9-17)12-4-6-15-16-12/h4-6,8,11H,2-3,7,9H2,1H3,(H,15,16). The number of carbonyl (C=O) groups excluding carboxylic acids is 1. The third-order valence-electron chi connectivity index (χ3n) is 3.73. The first kappa shape index (κ1) is 12.4. The first-order valence-electron chi connectivity index (χ1n) is 6.58. The van der Waals surface area contributed by atoms with Crippen LogP contribution in [0.2, 0.25) is 0 Å². The molecule has 1 unspecified atom stereocenters. The maximum Gasteiger partial charge on any atom is 0.264 e. The van der Waals surface area contributed by atoms with Crippen molar-refractivity contribution >= 4 is 17.2 Å². The molecule has 5 heteroatoms. The number of aromatic amines is 1. The number of aromatic nitrogens is 2. The highest BCUT2D eigenvalue weighted by molar-refractivity contribution is 7.12.